The van der Waals surface area contributed by atoms with Gasteiger partial charge in [-0.1, -0.05) is 41.6 Å². The van der Waals surface area contributed by atoms with Crippen LogP contribution in [0.3, 0.4) is 0 Å². The van der Waals surface area contributed by atoms with E-state index in [1.165, 1.54) is 23.9 Å². The Labute approximate surface area is 182 Å². The van der Waals surface area contributed by atoms with Crippen molar-refractivity contribution in [3.05, 3.63) is 93.5 Å². The zero-order valence-corrected chi connectivity index (χ0v) is 17.7. The number of halogens is 2. The summed E-state index contributed by atoms with van der Waals surface area (Å²) in [4.78, 5) is 18.0. The van der Waals surface area contributed by atoms with Crippen molar-refractivity contribution in [1.82, 2.24) is 9.55 Å². The maximum atomic E-state index is 13.4. The van der Waals surface area contributed by atoms with E-state index >= 15 is 0 Å². The molecular formula is C23H18ClFN2O2S. The first-order valence-electron chi connectivity index (χ1n) is 9.38. The smallest absolute Gasteiger partial charge is 0.266 e. The van der Waals surface area contributed by atoms with Gasteiger partial charge in [-0.2, -0.15) is 0 Å². The second-order valence-corrected chi connectivity index (χ2v) is 7.85. The lowest BCUT2D eigenvalue weighted by molar-refractivity contribution is 0.340. The first kappa shape index (κ1) is 20.4. The van der Waals surface area contributed by atoms with E-state index in [1.807, 2.05) is 49.4 Å². The highest BCUT2D eigenvalue weighted by Gasteiger charge is 2.14. The van der Waals surface area contributed by atoms with Crippen molar-refractivity contribution < 1.29 is 9.13 Å². The van der Waals surface area contributed by atoms with Gasteiger partial charge in [0.25, 0.3) is 5.56 Å². The van der Waals surface area contributed by atoms with Gasteiger partial charge in [-0.3, -0.25) is 9.36 Å². The van der Waals surface area contributed by atoms with E-state index in [-0.39, 0.29) is 11.4 Å². The molecule has 0 spiro atoms. The molecule has 0 atom stereocenters. The van der Waals surface area contributed by atoms with Gasteiger partial charge in [0.1, 0.15) is 11.6 Å². The summed E-state index contributed by atoms with van der Waals surface area (Å²) in [5.74, 6) is 0.792. The molecule has 4 rings (SSSR count). The molecule has 0 aliphatic rings. The molecule has 7 heteroatoms. The molecule has 3 aromatic carbocycles. The van der Waals surface area contributed by atoms with E-state index in [1.54, 1.807) is 16.7 Å². The Bertz CT molecular complexity index is 1260. The lowest BCUT2D eigenvalue weighted by Crippen LogP contribution is -2.21. The topological polar surface area (TPSA) is 44.1 Å². The van der Waals surface area contributed by atoms with Crippen molar-refractivity contribution in [3.8, 4) is 11.4 Å². The number of aromatic nitrogens is 2. The van der Waals surface area contributed by atoms with Gasteiger partial charge in [0, 0.05) is 10.8 Å². The van der Waals surface area contributed by atoms with E-state index in [4.69, 9.17) is 21.3 Å². The number of nitrogens with zero attached hydrogens (tertiary/aromatic N) is 2. The summed E-state index contributed by atoms with van der Waals surface area (Å²) in [6, 6.07) is 18.9. The Kier molecular flexibility index (Phi) is 6.06. The number of ether oxygens (including phenoxy) is 1. The number of para-hydroxylation sites is 1. The highest BCUT2D eigenvalue weighted by atomic mass is 35.5. The molecule has 0 bridgehead atoms. The van der Waals surface area contributed by atoms with Crippen LogP contribution < -0.4 is 10.3 Å². The first-order chi connectivity index (χ1) is 14.6. The van der Waals surface area contributed by atoms with E-state index in [2.05, 4.69) is 0 Å². The quantitative estimate of drug-likeness (QED) is 0.278. The SMILES string of the molecule is CCOc1ccc(-n2c(SCc3ccc(F)cc3Cl)nc3ccccc3c2=O)cc1. The second kappa shape index (κ2) is 8.90. The standard InChI is InChI=1S/C23H18ClFN2O2S/c1-2-29-18-11-9-17(10-12-18)27-22(28)19-5-3-4-6-21(19)26-23(27)30-14-15-7-8-16(25)13-20(15)24/h3-13H,2,14H2,1H3. The second-order valence-electron chi connectivity index (χ2n) is 6.50. The fourth-order valence-corrected chi connectivity index (χ4v) is 4.41. The van der Waals surface area contributed by atoms with Crippen LogP contribution in [0.5, 0.6) is 5.75 Å². The summed E-state index contributed by atoms with van der Waals surface area (Å²) in [6.07, 6.45) is 0. The van der Waals surface area contributed by atoms with Gasteiger partial charge in [0.15, 0.2) is 5.16 Å². The maximum Gasteiger partial charge on any atom is 0.266 e. The molecule has 4 aromatic rings. The third-order valence-electron chi connectivity index (χ3n) is 4.52. The molecule has 0 N–H and O–H groups in total. The van der Waals surface area contributed by atoms with Crippen LogP contribution >= 0.6 is 23.4 Å². The fourth-order valence-electron chi connectivity index (χ4n) is 3.08. The Morgan fingerprint density at radius 3 is 2.60 bits per heavy atom. The first-order valence-corrected chi connectivity index (χ1v) is 10.7. The molecule has 0 saturated carbocycles. The van der Waals surface area contributed by atoms with Crippen LogP contribution in [0.25, 0.3) is 16.6 Å². The average molecular weight is 441 g/mol. The van der Waals surface area contributed by atoms with Crippen LogP contribution in [0.4, 0.5) is 4.39 Å². The van der Waals surface area contributed by atoms with Crippen molar-refractivity contribution in [2.45, 2.75) is 17.8 Å². The van der Waals surface area contributed by atoms with E-state index in [0.717, 1.165) is 11.3 Å². The van der Waals surface area contributed by atoms with Crippen molar-refractivity contribution in [2.24, 2.45) is 0 Å². The van der Waals surface area contributed by atoms with Gasteiger partial charge in [0.05, 0.1) is 23.2 Å². The third kappa shape index (κ3) is 4.20. The van der Waals surface area contributed by atoms with Crippen LogP contribution in [-0.4, -0.2) is 16.2 Å². The summed E-state index contributed by atoms with van der Waals surface area (Å²) in [6.45, 7) is 2.48. The maximum absolute atomic E-state index is 13.4. The van der Waals surface area contributed by atoms with Crippen molar-refractivity contribution in [3.63, 3.8) is 0 Å². The van der Waals surface area contributed by atoms with Crippen LogP contribution in [0.2, 0.25) is 5.02 Å². The predicted octanol–water partition coefficient (Wildman–Crippen LogP) is 5.87. The van der Waals surface area contributed by atoms with Gasteiger partial charge in [0.2, 0.25) is 0 Å². The van der Waals surface area contributed by atoms with Crippen LogP contribution in [-0.2, 0) is 5.75 Å². The Morgan fingerprint density at radius 1 is 1.10 bits per heavy atom. The van der Waals surface area contributed by atoms with E-state index in [9.17, 15) is 9.18 Å². The molecule has 30 heavy (non-hydrogen) atoms. The number of hydrogen-bond donors (Lipinski definition) is 0. The minimum atomic E-state index is -0.385. The predicted molar refractivity (Wildman–Crippen MR) is 119 cm³/mol. The minimum absolute atomic E-state index is 0.155. The van der Waals surface area contributed by atoms with Gasteiger partial charge < -0.3 is 4.74 Å². The van der Waals surface area contributed by atoms with Crippen molar-refractivity contribution >= 4 is 34.3 Å². The zero-order valence-electron chi connectivity index (χ0n) is 16.1. The molecule has 1 heterocycles. The average Bonchev–Trinajstić information content (AvgIpc) is 2.74. The van der Waals surface area contributed by atoms with E-state index in [0.29, 0.717) is 39.1 Å². The lowest BCUT2D eigenvalue weighted by atomic mass is 10.2. The lowest BCUT2D eigenvalue weighted by Gasteiger charge is -2.14. The molecule has 0 amide bonds. The zero-order chi connectivity index (χ0) is 21.1. The van der Waals surface area contributed by atoms with Crippen LogP contribution in [0.15, 0.2) is 76.7 Å². The van der Waals surface area contributed by atoms with Gasteiger partial charge >= 0.3 is 0 Å². The van der Waals surface area contributed by atoms with Gasteiger partial charge in [-0.25, -0.2) is 9.37 Å². The molecule has 4 nitrogen and oxygen atoms in total. The Hall–Kier alpha value is -2.83. The monoisotopic (exact) mass is 440 g/mol. The summed E-state index contributed by atoms with van der Waals surface area (Å²) < 4.78 is 20.4. The fraction of sp³-hybridized carbons (Fsp3) is 0.130. The highest BCUT2D eigenvalue weighted by molar-refractivity contribution is 7.98. The molecule has 0 aliphatic carbocycles. The molecule has 0 saturated heterocycles. The Balaban J connectivity index is 1.78. The number of thioether (sulfide) groups is 1. The Morgan fingerprint density at radius 2 is 1.87 bits per heavy atom. The largest absolute Gasteiger partial charge is 0.494 e. The normalized spacial score (nSPS) is 11.0. The summed E-state index contributed by atoms with van der Waals surface area (Å²) in [5, 5.41) is 1.41. The molecule has 152 valence electrons. The third-order valence-corrected chi connectivity index (χ3v) is 5.86. The summed E-state index contributed by atoms with van der Waals surface area (Å²) >= 11 is 7.54. The van der Waals surface area contributed by atoms with E-state index < -0.39 is 0 Å². The van der Waals surface area contributed by atoms with Crippen molar-refractivity contribution in [1.29, 1.82) is 0 Å². The molecule has 0 aliphatic heterocycles. The highest BCUT2D eigenvalue weighted by Crippen LogP contribution is 2.28. The molecule has 0 fully saturated rings. The minimum Gasteiger partial charge on any atom is -0.494 e. The van der Waals surface area contributed by atoms with Gasteiger partial charge in [-0.05, 0) is 61.0 Å². The number of rotatable bonds is 6. The molecule has 1 aromatic heterocycles. The number of hydrogen-bond acceptors (Lipinski definition) is 4. The van der Waals surface area contributed by atoms with Crippen LogP contribution in [0.1, 0.15) is 12.5 Å². The van der Waals surface area contributed by atoms with Crippen molar-refractivity contribution in [2.75, 3.05) is 6.61 Å². The molecule has 0 unspecified atom stereocenters. The van der Waals surface area contributed by atoms with Gasteiger partial charge in [-0.15, -0.1) is 0 Å². The number of benzene rings is 3. The summed E-state index contributed by atoms with van der Waals surface area (Å²) in [7, 11) is 0. The molecule has 0 radical (unpaired) electrons. The number of fused-ring (bicyclic) bond motifs is 1. The van der Waals surface area contributed by atoms with Crippen LogP contribution in [0, 0.1) is 5.82 Å². The summed E-state index contributed by atoms with van der Waals surface area (Å²) in [5.41, 5.74) is 1.92. The molecular weight excluding hydrogens is 423 g/mol.